The van der Waals surface area contributed by atoms with Gasteiger partial charge in [0.25, 0.3) is 0 Å². The molecule has 0 bridgehead atoms. The van der Waals surface area contributed by atoms with Crippen molar-refractivity contribution in [3.05, 3.63) is 0 Å². The molecule has 0 aliphatic carbocycles. The van der Waals surface area contributed by atoms with Gasteiger partial charge in [-0.1, -0.05) is 6.92 Å². The van der Waals surface area contributed by atoms with E-state index in [0.717, 1.165) is 19.4 Å². The summed E-state index contributed by atoms with van der Waals surface area (Å²) in [5.41, 5.74) is 5.92. The zero-order valence-corrected chi connectivity index (χ0v) is 7.60. The van der Waals surface area contributed by atoms with Crippen LogP contribution in [0.4, 0.5) is 0 Å². The second-order valence-corrected chi connectivity index (χ2v) is 3.63. The lowest BCUT2D eigenvalue weighted by molar-refractivity contribution is -0.0815. The molecule has 0 aromatic rings. The Morgan fingerprint density at radius 3 is 2.73 bits per heavy atom. The van der Waals surface area contributed by atoms with E-state index in [4.69, 9.17) is 10.5 Å². The Bertz CT molecular complexity index is 119. The van der Waals surface area contributed by atoms with Gasteiger partial charge >= 0.3 is 0 Å². The molecule has 0 saturated carbocycles. The van der Waals surface area contributed by atoms with Gasteiger partial charge in [-0.2, -0.15) is 0 Å². The molecule has 1 heterocycles. The van der Waals surface area contributed by atoms with Crippen molar-refractivity contribution in [2.24, 2.45) is 5.73 Å². The highest BCUT2D eigenvalue weighted by Gasteiger charge is 2.33. The Morgan fingerprint density at radius 1 is 1.55 bits per heavy atom. The first kappa shape index (κ1) is 9.01. The van der Waals surface area contributed by atoms with E-state index in [0.29, 0.717) is 0 Å². The Hall–Kier alpha value is -0.0800. The van der Waals surface area contributed by atoms with Gasteiger partial charge in [0.2, 0.25) is 0 Å². The number of nitrogens with two attached hydrogens (primary N) is 1. The van der Waals surface area contributed by atoms with Crippen LogP contribution in [0, 0.1) is 0 Å². The highest BCUT2D eigenvalue weighted by molar-refractivity contribution is 4.88. The molecule has 1 saturated heterocycles. The number of ether oxygens (including phenoxy) is 1. The normalized spacial score (nSPS) is 35.2. The van der Waals surface area contributed by atoms with Crippen LogP contribution in [0.25, 0.3) is 0 Å². The first-order valence-corrected chi connectivity index (χ1v) is 4.58. The van der Waals surface area contributed by atoms with Gasteiger partial charge < -0.3 is 10.5 Å². The molecule has 66 valence electrons. The van der Waals surface area contributed by atoms with Crippen LogP contribution < -0.4 is 5.73 Å². The van der Waals surface area contributed by atoms with Crippen LogP contribution >= 0.6 is 0 Å². The van der Waals surface area contributed by atoms with E-state index in [1.165, 1.54) is 12.8 Å². The van der Waals surface area contributed by atoms with Crippen molar-refractivity contribution in [1.29, 1.82) is 0 Å². The molecule has 2 atom stereocenters. The van der Waals surface area contributed by atoms with Gasteiger partial charge in [0.05, 0.1) is 5.60 Å². The molecule has 2 unspecified atom stereocenters. The predicted molar refractivity (Wildman–Crippen MR) is 46.5 cm³/mol. The summed E-state index contributed by atoms with van der Waals surface area (Å²) in [6.45, 7) is 5.15. The molecule has 1 rings (SSSR count). The summed E-state index contributed by atoms with van der Waals surface area (Å²) in [4.78, 5) is 0. The SMILES string of the molecule is CCC(N)C1(C)CCCCO1. The zero-order valence-electron chi connectivity index (χ0n) is 7.60. The first-order valence-electron chi connectivity index (χ1n) is 4.58. The van der Waals surface area contributed by atoms with Gasteiger partial charge in [-0.25, -0.2) is 0 Å². The van der Waals surface area contributed by atoms with Crippen molar-refractivity contribution >= 4 is 0 Å². The third-order valence-electron chi connectivity index (χ3n) is 2.72. The second kappa shape index (κ2) is 3.55. The lowest BCUT2D eigenvalue weighted by Gasteiger charge is -2.38. The number of hydrogen-bond acceptors (Lipinski definition) is 2. The maximum Gasteiger partial charge on any atom is 0.0804 e. The molecular formula is C9H19NO. The third-order valence-corrected chi connectivity index (χ3v) is 2.72. The Labute approximate surface area is 69.1 Å². The molecule has 1 fully saturated rings. The van der Waals surface area contributed by atoms with Crippen molar-refractivity contribution < 1.29 is 4.74 Å². The van der Waals surface area contributed by atoms with Gasteiger partial charge in [0.1, 0.15) is 0 Å². The van der Waals surface area contributed by atoms with E-state index < -0.39 is 0 Å². The van der Waals surface area contributed by atoms with E-state index >= 15 is 0 Å². The molecule has 2 N–H and O–H groups in total. The monoisotopic (exact) mass is 157 g/mol. The van der Waals surface area contributed by atoms with Crippen LogP contribution in [0.1, 0.15) is 39.5 Å². The molecule has 2 nitrogen and oxygen atoms in total. The zero-order chi connectivity index (χ0) is 8.32. The predicted octanol–water partition coefficient (Wildman–Crippen LogP) is 1.68. The largest absolute Gasteiger partial charge is 0.374 e. The van der Waals surface area contributed by atoms with Crippen LogP contribution in [0.15, 0.2) is 0 Å². The molecule has 11 heavy (non-hydrogen) atoms. The maximum atomic E-state index is 5.96. The standard InChI is InChI=1S/C9H19NO/c1-3-8(10)9(2)6-4-5-7-11-9/h8H,3-7,10H2,1-2H3. The summed E-state index contributed by atoms with van der Waals surface area (Å²) < 4.78 is 5.69. The molecule has 0 amide bonds. The highest BCUT2D eigenvalue weighted by atomic mass is 16.5. The van der Waals surface area contributed by atoms with E-state index in [1.807, 2.05) is 0 Å². The van der Waals surface area contributed by atoms with Gasteiger partial charge in [0.15, 0.2) is 0 Å². The van der Waals surface area contributed by atoms with E-state index in [9.17, 15) is 0 Å². The van der Waals surface area contributed by atoms with Crippen LogP contribution in [0.3, 0.4) is 0 Å². The summed E-state index contributed by atoms with van der Waals surface area (Å²) in [7, 11) is 0. The topological polar surface area (TPSA) is 35.2 Å². The fourth-order valence-electron chi connectivity index (χ4n) is 1.68. The summed E-state index contributed by atoms with van der Waals surface area (Å²) in [5.74, 6) is 0. The quantitative estimate of drug-likeness (QED) is 0.662. The van der Waals surface area contributed by atoms with Crippen molar-refractivity contribution in [2.75, 3.05) is 6.61 Å². The molecule has 0 aromatic carbocycles. The van der Waals surface area contributed by atoms with Gasteiger partial charge in [-0.15, -0.1) is 0 Å². The third kappa shape index (κ3) is 1.94. The molecule has 0 aromatic heterocycles. The van der Waals surface area contributed by atoms with Crippen LogP contribution in [-0.4, -0.2) is 18.2 Å². The molecule has 0 spiro atoms. The van der Waals surface area contributed by atoms with Gasteiger partial charge in [0, 0.05) is 12.6 Å². The lowest BCUT2D eigenvalue weighted by atomic mass is 9.87. The van der Waals surface area contributed by atoms with Gasteiger partial charge in [-0.3, -0.25) is 0 Å². The van der Waals surface area contributed by atoms with Gasteiger partial charge in [-0.05, 0) is 32.6 Å². The fourth-order valence-corrected chi connectivity index (χ4v) is 1.68. The smallest absolute Gasteiger partial charge is 0.0804 e. The summed E-state index contributed by atoms with van der Waals surface area (Å²) >= 11 is 0. The van der Waals surface area contributed by atoms with Crippen LogP contribution in [-0.2, 0) is 4.74 Å². The minimum absolute atomic E-state index is 0.0347. The molecule has 2 heteroatoms. The molecule has 1 aliphatic rings. The molecule has 1 aliphatic heterocycles. The lowest BCUT2D eigenvalue weighted by Crippen LogP contribution is -2.49. The Kier molecular flexibility index (Phi) is 2.90. The Morgan fingerprint density at radius 2 is 2.27 bits per heavy atom. The average molecular weight is 157 g/mol. The fraction of sp³-hybridized carbons (Fsp3) is 1.00. The van der Waals surface area contributed by atoms with E-state index in [2.05, 4.69) is 13.8 Å². The highest BCUT2D eigenvalue weighted by Crippen LogP contribution is 2.27. The second-order valence-electron chi connectivity index (χ2n) is 3.63. The van der Waals surface area contributed by atoms with Crippen molar-refractivity contribution in [3.8, 4) is 0 Å². The minimum atomic E-state index is -0.0347. The van der Waals surface area contributed by atoms with E-state index in [-0.39, 0.29) is 11.6 Å². The summed E-state index contributed by atoms with van der Waals surface area (Å²) in [6, 6.07) is 0.211. The number of rotatable bonds is 2. The number of hydrogen-bond donors (Lipinski definition) is 1. The van der Waals surface area contributed by atoms with Crippen molar-refractivity contribution in [2.45, 2.75) is 51.2 Å². The Balaban J connectivity index is 2.49. The average Bonchev–Trinajstić information content (AvgIpc) is 2.04. The summed E-state index contributed by atoms with van der Waals surface area (Å²) in [6.07, 6.45) is 4.61. The van der Waals surface area contributed by atoms with E-state index in [1.54, 1.807) is 0 Å². The van der Waals surface area contributed by atoms with Crippen molar-refractivity contribution in [1.82, 2.24) is 0 Å². The molecular weight excluding hydrogens is 138 g/mol. The van der Waals surface area contributed by atoms with Crippen LogP contribution in [0.5, 0.6) is 0 Å². The van der Waals surface area contributed by atoms with Crippen LogP contribution in [0.2, 0.25) is 0 Å². The maximum absolute atomic E-state index is 5.96. The minimum Gasteiger partial charge on any atom is -0.374 e. The summed E-state index contributed by atoms with van der Waals surface area (Å²) in [5, 5.41) is 0. The first-order chi connectivity index (χ1) is 5.19. The van der Waals surface area contributed by atoms with Crippen molar-refractivity contribution in [3.63, 3.8) is 0 Å². The molecule has 0 radical (unpaired) electrons.